The Balaban J connectivity index is 1.34. The number of para-hydroxylation sites is 1. The first-order chi connectivity index (χ1) is 16.8. The fourth-order valence-electron chi connectivity index (χ4n) is 4.79. The maximum atomic E-state index is 14.1. The van der Waals surface area contributed by atoms with Gasteiger partial charge in [-0.3, -0.25) is 19.3 Å². The highest BCUT2D eigenvalue weighted by Gasteiger charge is 2.35. The standard InChI is InChI=1S/C26H32FN5O3/c1-18-13-19(2)15-20(14-18)29-24(33)16-23-26(35)28-7-8-32(23)25(34)17-30-9-11-31(12-10-30)22-6-4-3-5-21(22)27/h3-6,13-15,23H,7-12,16-17H2,1-2H3,(H,28,35)(H,29,33)/t23-/m1/s1. The van der Waals surface area contributed by atoms with Crippen LogP contribution in [0.25, 0.3) is 0 Å². The highest BCUT2D eigenvalue weighted by Crippen LogP contribution is 2.21. The molecular formula is C26H32FN5O3. The number of benzene rings is 2. The van der Waals surface area contributed by atoms with Crippen molar-refractivity contribution in [3.05, 3.63) is 59.4 Å². The molecule has 2 saturated heterocycles. The number of nitrogens with one attached hydrogen (secondary N) is 2. The molecular weight excluding hydrogens is 449 g/mol. The zero-order chi connectivity index (χ0) is 24.9. The van der Waals surface area contributed by atoms with Gasteiger partial charge in [0.2, 0.25) is 17.7 Å². The van der Waals surface area contributed by atoms with Crippen molar-refractivity contribution in [3.8, 4) is 0 Å². The average Bonchev–Trinajstić information content (AvgIpc) is 2.80. The number of carbonyl (C=O) groups excluding carboxylic acids is 3. The Labute approximate surface area is 205 Å². The monoisotopic (exact) mass is 481 g/mol. The summed E-state index contributed by atoms with van der Waals surface area (Å²) in [5, 5.41) is 5.62. The van der Waals surface area contributed by atoms with Gasteiger partial charge < -0.3 is 20.4 Å². The van der Waals surface area contributed by atoms with E-state index < -0.39 is 6.04 Å². The topological polar surface area (TPSA) is 85.0 Å². The molecule has 0 bridgehead atoms. The fourth-order valence-corrected chi connectivity index (χ4v) is 4.79. The molecule has 2 aromatic rings. The van der Waals surface area contributed by atoms with Gasteiger partial charge in [0, 0.05) is 45.0 Å². The van der Waals surface area contributed by atoms with Crippen LogP contribution in [0, 0.1) is 19.7 Å². The van der Waals surface area contributed by atoms with Crippen LogP contribution in [-0.4, -0.2) is 79.4 Å². The number of aryl methyl sites for hydroxylation is 2. The van der Waals surface area contributed by atoms with E-state index in [4.69, 9.17) is 0 Å². The summed E-state index contributed by atoms with van der Waals surface area (Å²) < 4.78 is 14.1. The number of anilines is 2. The van der Waals surface area contributed by atoms with Crippen LogP contribution >= 0.6 is 0 Å². The minimum absolute atomic E-state index is 0.106. The van der Waals surface area contributed by atoms with Crippen molar-refractivity contribution < 1.29 is 18.8 Å². The maximum absolute atomic E-state index is 14.1. The van der Waals surface area contributed by atoms with Gasteiger partial charge in [-0.2, -0.15) is 0 Å². The minimum atomic E-state index is -0.846. The van der Waals surface area contributed by atoms with Crippen LogP contribution in [-0.2, 0) is 14.4 Å². The van der Waals surface area contributed by atoms with Crippen LogP contribution in [0.3, 0.4) is 0 Å². The number of halogens is 1. The average molecular weight is 482 g/mol. The van der Waals surface area contributed by atoms with E-state index in [2.05, 4.69) is 10.6 Å². The van der Waals surface area contributed by atoms with Gasteiger partial charge >= 0.3 is 0 Å². The van der Waals surface area contributed by atoms with Gasteiger partial charge in [-0.25, -0.2) is 4.39 Å². The van der Waals surface area contributed by atoms with E-state index in [0.717, 1.165) is 11.1 Å². The Kier molecular flexibility index (Phi) is 7.65. The lowest BCUT2D eigenvalue weighted by molar-refractivity contribution is -0.145. The van der Waals surface area contributed by atoms with Crippen molar-refractivity contribution in [1.82, 2.24) is 15.1 Å². The van der Waals surface area contributed by atoms with E-state index in [0.29, 0.717) is 50.6 Å². The summed E-state index contributed by atoms with van der Waals surface area (Å²) in [6, 6.07) is 11.6. The van der Waals surface area contributed by atoms with Crippen LogP contribution in [0.5, 0.6) is 0 Å². The van der Waals surface area contributed by atoms with Gasteiger partial charge in [0.15, 0.2) is 0 Å². The molecule has 0 spiro atoms. The number of rotatable bonds is 6. The molecule has 2 fully saturated rings. The summed E-state index contributed by atoms with van der Waals surface area (Å²) in [4.78, 5) is 44.0. The van der Waals surface area contributed by atoms with E-state index in [-0.39, 0.29) is 36.5 Å². The highest BCUT2D eigenvalue weighted by molar-refractivity contribution is 5.97. The van der Waals surface area contributed by atoms with E-state index in [9.17, 15) is 18.8 Å². The SMILES string of the molecule is Cc1cc(C)cc(NC(=O)C[C@@H]2C(=O)NCCN2C(=O)CN2CCN(c3ccccc3F)CC2)c1. The van der Waals surface area contributed by atoms with Gasteiger partial charge in [-0.05, 0) is 49.2 Å². The zero-order valence-corrected chi connectivity index (χ0v) is 20.2. The molecule has 0 aromatic heterocycles. The molecule has 1 atom stereocenters. The van der Waals surface area contributed by atoms with E-state index in [1.807, 2.05) is 47.9 Å². The lowest BCUT2D eigenvalue weighted by atomic mass is 10.1. The summed E-state index contributed by atoms with van der Waals surface area (Å²) in [5.74, 6) is -1.06. The lowest BCUT2D eigenvalue weighted by Crippen LogP contribution is -2.60. The zero-order valence-electron chi connectivity index (χ0n) is 20.2. The summed E-state index contributed by atoms with van der Waals surface area (Å²) in [6.45, 7) is 7.22. The molecule has 0 unspecified atom stereocenters. The third kappa shape index (κ3) is 6.16. The summed E-state index contributed by atoms with van der Waals surface area (Å²) in [7, 11) is 0. The Bertz CT molecular complexity index is 1080. The Morgan fingerprint density at radius 2 is 1.71 bits per heavy atom. The molecule has 8 nitrogen and oxygen atoms in total. The number of piperazine rings is 2. The van der Waals surface area contributed by atoms with Crippen molar-refractivity contribution in [3.63, 3.8) is 0 Å². The number of hydrogen-bond donors (Lipinski definition) is 2. The van der Waals surface area contributed by atoms with Crippen LogP contribution in [0.4, 0.5) is 15.8 Å². The van der Waals surface area contributed by atoms with Gasteiger partial charge in [0.05, 0.1) is 18.7 Å². The van der Waals surface area contributed by atoms with Gasteiger partial charge in [-0.15, -0.1) is 0 Å². The van der Waals surface area contributed by atoms with Crippen LogP contribution in [0.1, 0.15) is 17.5 Å². The van der Waals surface area contributed by atoms with E-state index in [1.54, 1.807) is 12.1 Å². The quantitative estimate of drug-likeness (QED) is 0.659. The molecule has 0 aliphatic carbocycles. The smallest absolute Gasteiger partial charge is 0.243 e. The summed E-state index contributed by atoms with van der Waals surface area (Å²) in [6.07, 6.45) is -0.106. The molecule has 186 valence electrons. The molecule has 2 aliphatic heterocycles. The van der Waals surface area contributed by atoms with E-state index in [1.165, 1.54) is 11.0 Å². The third-order valence-corrected chi connectivity index (χ3v) is 6.46. The second kappa shape index (κ2) is 10.9. The maximum Gasteiger partial charge on any atom is 0.243 e. The Morgan fingerprint density at radius 3 is 2.40 bits per heavy atom. The Hall–Kier alpha value is -3.46. The third-order valence-electron chi connectivity index (χ3n) is 6.46. The minimum Gasteiger partial charge on any atom is -0.367 e. The molecule has 4 rings (SSSR count). The van der Waals surface area contributed by atoms with Gasteiger partial charge in [0.25, 0.3) is 0 Å². The highest BCUT2D eigenvalue weighted by atomic mass is 19.1. The van der Waals surface area contributed by atoms with Crippen LogP contribution < -0.4 is 15.5 Å². The number of hydrogen-bond acceptors (Lipinski definition) is 5. The van der Waals surface area contributed by atoms with Crippen molar-refractivity contribution in [2.75, 3.05) is 56.0 Å². The molecule has 0 radical (unpaired) electrons. The van der Waals surface area contributed by atoms with Gasteiger partial charge in [0.1, 0.15) is 11.9 Å². The summed E-state index contributed by atoms with van der Waals surface area (Å²) >= 11 is 0. The first kappa shape index (κ1) is 24.7. The lowest BCUT2D eigenvalue weighted by Gasteiger charge is -2.39. The molecule has 35 heavy (non-hydrogen) atoms. The molecule has 9 heteroatoms. The first-order valence-corrected chi connectivity index (χ1v) is 12.0. The number of amides is 3. The van der Waals surface area contributed by atoms with Crippen molar-refractivity contribution in [2.24, 2.45) is 0 Å². The Morgan fingerprint density at radius 1 is 1.03 bits per heavy atom. The summed E-state index contributed by atoms with van der Waals surface area (Å²) in [5.41, 5.74) is 3.31. The van der Waals surface area contributed by atoms with Crippen molar-refractivity contribution in [1.29, 1.82) is 0 Å². The largest absolute Gasteiger partial charge is 0.367 e. The number of carbonyl (C=O) groups is 3. The van der Waals surface area contributed by atoms with Crippen molar-refractivity contribution in [2.45, 2.75) is 26.3 Å². The first-order valence-electron chi connectivity index (χ1n) is 12.0. The predicted molar refractivity (Wildman–Crippen MR) is 133 cm³/mol. The second-order valence-electron chi connectivity index (χ2n) is 9.24. The molecule has 0 saturated carbocycles. The van der Waals surface area contributed by atoms with Crippen LogP contribution in [0.2, 0.25) is 0 Å². The fraction of sp³-hybridized carbons (Fsp3) is 0.423. The predicted octanol–water partition coefficient (Wildman–Crippen LogP) is 1.92. The molecule has 3 amide bonds. The van der Waals surface area contributed by atoms with Crippen molar-refractivity contribution >= 4 is 29.1 Å². The molecule has 2 aliphatic rings. The molecule has 2 N–H and O–H groups in total. The molecule has 2 heterocycles. The van der Waals surface area contributed by atoms with E-state index >= 15 is 0 Å². The van der Waals surface area contributed by atoms with Gasteiger partial charge in [-0.1, -0.05) is 18.2 Å². The second-order valence-corrected chi connectivity index (χ2v) is 9.24. The van der Waals surface area contributed by atoms with Crippen LogP contribution in [0.15, 0.2) is 42.5 Å². The number of nitrogens with zero attached hydrogens (tertiary/aromatic N) is 3. The normalized spacial score (nSPS) is 18.8. The molecule has 2 aromatic carbocycles.